The van der Waals surface area contributed by atoms with Gasteiger partial charge in [-0.3, -0.25) is 14.9 Å². The molecule has 0 amide bonds. The molecule has 3 aromatic rings. The quantitative estimate of drug-likeness (QED) is 0.205. The summed E-state index contributed by atoms with van der Waals surface area (Å²) in [6.07, 6.45) is 0. The number of carbonyl (C=O) groups excluding carboxylic acids is 1. The minimum atomic E-state index is -3.97. The van der Waals surface area contributed by atoms with Gasteiger partial charge in [0.25, 0.3) is 5.69 Å². The molecule has 3 aromatic carbocycles. The van der Waals surface area contributed by atoms with Gasteiger partial charge in [0, 0.05) is 6.07 Å². The molecular formula is C28H32N2O7S. The third-order valence-electron chi connectivity index (χ3n) is 5.54. The van der Waals surface area contributed by atoms with Gasteiger partial charge in [0.2, 0.25) is 10.0 Å². The fourth-order valence-electron chi connectivity index (χ4n) is 3.60. The predicted molar refractivity (Wildman–Crippen MR) is 144 cm³/mol. The lowest BCUT2D eigenvalue weighted by molar-refractivity contribution is -0.385. The molecule has 9 nitrogen and oxygen atoms in total. The summed E-state index contributed by atoms with van der Waals surface area (Å²) >= 11 is 0. The van der Waals surface area contributed by atoms with Crippen LogP contribution in [0.25, 0.3) is 11.1 Å². The Morgan fingerprint density at radius 2 is 1.50 bits per heavy atom. The smallest absolute Gasteiger partial charge is 0.324 e. The molecule has 0 aliphatic carbocycles. The SMILES string of the molecule is CC(C)C(NS(=O)(=O)c1ccc(-c2ccc(OCc3ccccc3[N+](=O)[O-])cc2)cc1)C(=O)OC(C)(C)C. The number of nitrogens with one attached hydrogen (secondary N) is 1. The maximum Gasteiger partial charge on any atom is 0.324 e. The average Bonchev–Trinajstić information content (AvgIpc) is 2.85. The van der Waals surface area contributed by atoms with Crippen molar-refractivity contribution < 1.29 is 27.6 Å². The van der Waals surface area contributed by atoms with E-state index in [1.807, 2.05) is 12.1 Å². The number of sulfonamides is 1. The van der Waals surface area contributed by atoms with Crippen LogP contribution < -0.4 is 9.46 Å². The van der Waals surface area contributed by atoms with Crippen molar-refractivity contribution in [1.82, 2.24) is 4.72 Å². The molecule has 0 aliphatic rings. The van der Waals surface area contributed by atoms with Crippen molar-refractivity contribution in [2.24, 2.45) is 5.92 Å². The van der Waals surface area contributed by atoms with Crippen LogP contribution in [0.1, 0.15) is 40.2 Å². The summed E-state index contributed by atoms with van der Waals surface area (Å²) in [5.41, 5.74) is 1.34. The van der Waals surface area contributed by atoms with Crippen molar-refractivity contribution in [3.8, 4) is 16.9 Å². The van der Waals surface area contributed by atoms with Gasteiger partial charge in [-0.15, -0.1) is 0 Å². The molecule has 0 spiro atoms. The largest absolute Gasteiger partial charge is 0.489 e. The molecule has 0 aliphatic heterocycles. The van der Waals surface area contributed by atoms with Crippen LogP contribution in [0.2, 0.25) is 0 Å². The molecule has 0 fully saturated rings. The second-order valence-corrected chi connectivity index (χ2v) is 11.8. The zero-order valence-corrected chi connectivity index (χ0v) is 22.8. The van der Waals surface area contributed by atoms with Crippen LogP contribution in [0.3, 0.4) is 0 Å². The Morgan fingerprint density at radius 1 is 0.947 bits per heavy atom. The molecule has 0 radical (unpaired) electrons. The molecule has 10 heteroatoms. The van der Waals surface area contributed by atoms with E-state index in [0.717, 1.165) is 11.1 Å². The highest BCUT2D eigenvalue weighted by molar-refractivity contribution is 7.89. The van der Waals surface area contributed by atoms with Gasteiger partial charge >= 0.3 is 5.97 Å². The average molecular weight is 541 g/mol. The van der Waals surface area contributed by atoms with Crippen molar-refractivity contribution in [2.75, 3.05) is 0 Å². The van der Waals surface area contributed by atoms with Gasteiger partial charge in [-0.2, -0.15) is 4.72 Å². The number of carbonyl (C=O) groups is 1. The maximum absolute atomic E-state index is 13.0. The van der Waals surface area contributed by atoms with E-state index in [1.54, 1.807) is 77.1 Å². The molecule has 1 atom stereocenters. The highest BCUT2D eigenvalue weighted by atomic mass is 32.2. The Morgan fingerprint density at radius 3 is 2.03 bits per heavy atom. The number of hydrogen-bond acceptors (Lipinski definition) is 7. The van der Waals surface area contributed by atoms with Crippen LogP contribution in [0, 0.1) is 16.0 Å². The Hall–Kier alpha value is -3.76. The summed E-state index contributed by atoms with van der Waals surface area (Å²) in [5.74, 6) is -0.401. The molecule has 0 saturated heterocycles. The minimum Gasteiger partial charge on any atom is -0.489 e. The van der Waals surface area contributed by atoms with E-state index >= 15 is 0 Å². The lowest BCUT2D eigenvalue weighted by atomic mass is 10.1. The molecule has 1 N–H and O–H groups in total. The van der Waals surface area contributed by atoms with Gasteiger partial charge in [0.15, 0.2) is 0 Å². The molecule has 1 unspecified atom stereocenters. The minimum absolute atomic E-state index is 0.000499. The van der Waals surface area contributed by atoms with Crippen molar-refractivity contribution in [3.63, 3.8) is 0 Å². The highest BCUT2D eigenvalue weighted by Gasteiger charge is 2.32. The van der Waals surface area contributed by atoms with Crippen LogP contribution >= 0.6 is 0 Å². The van der Waals surface area contributed by atoms with Gasteiger partial charge in [0.05, 0.1) is 15.4 Å². The van der Waals surface area contributed by atoms with Gasteiger partial charge in [-0.25, -0.2) is 8.42 Å². The summed E-state index contributed by atoms with van der Waals surface area (Å²) < 4.78 is 39.5. The van der Waals surface area contributed by atoms with E-state index < -0.39 is 32.6 Å². The number of nitrogens with zero attached hydrogens (tertiary/aromatic N) is 1. The Bertz CT molecular complexity index is 1380. The molecule has 202 valence electrons. The Kier molecular flexibility index (Phi) is 8.90. The van der Waals surface area contributed by atoms with E-state index in [2.05, 4.69) is 4.72 Å². The summed E-state index contributed by atoms with van der Waals surface area (Å²) in [7, 11) is -3.97. The number of esters is 1. The van der Waals surface area contributed by atoms with E-state index in [9.17, 15) is 23.3 Å². The first kappa shape index (κ1) is 28.8. The fraction of sp³-hybridized carbons (Fsp3) is 0.321. The van der Waals surface area contributed by atoms with Crippen molar-refractivity contribution in [3.05, 3.63) is 88.5 Å². The van der Waals surface area contributed by atoms with E-state index in [0.29, 0.717) is 11.3 Å². The summed E-state index contributed by atoms with van der Waals surface area (Å²) in [6.45, 7) is 8.72. The zero-order valence-electron chi connectivity index (χ0n) is 22.0. The van der Waals surface area contributed by atoms with E-state index in [-0.39, 0.29) is 23.1 Å². The van der Waals surface area contributed by atoms with Crippen LogP contribution in [-0.2, 0) is 26.2 Å². The standard InChI is InChI=1S/C28H32N2O7S/c1-19(2)26(27(31)37-28(3,4)5)29-38(34,35)24-16-12-21(13-17-24)20-10-14-23(15-11-20)36-18-22-8-6-7-9-25(22)30(32)33/h6-17,19,26,29H,18H2,1-5H3. The lowest BCUT2D eigenvalue weighted by Crippen LogP contribution is -2.47. The zero-order chi connectivity index (χ0) is 28.1. The second-order valence-electron chi connectivity index (χ2n) is 10.1. The third kappa shape index (κ3) is 7.62. The fourth-order valence-corrected chi connectivity index (χ4v) is 4.93. The molecule has 38 heavy (non-hydrogen) atoms. The van der Waals surface area contributed by atoms with E-state index in [4.69, 9.17) is 9.47 Å². The van der Waals surface area contributed by atoms with Gasteiger partial charge in [0.1, 0.15) is 24.0 Å². The van der Waals surface area contributed by atoms with Gasteiger partial charge < -0.3 is 9.47 Å². The summed E-state index contributed by atoms with van der Waals surface area (Å²) in [6, 6.07) is 18.8. The van der Waals surface area contributed by atoms with Crippen LogP contribution in [0.5, 0.6) is 5.75 Å². The second kappa shape index (κ2) is 11.7. The highest BCUT2D eigenvalue weighted by Crippen LogP contribution is 2.26. The first-order chi connectivity index (χ1) is 17.8. The number of benzene rings is 3. The number of para-hydroxylation sites is 1. The molecular weight excluding hydrogens is 508 g/mol. The lowest BCUT2D eigenvalue weighted by Gasteiger charge is -2.26. The molecule has 0 bridgehead atoms. The normalized spacial score (nSPS) is 12.7. The Labute approximate surface area is 223 Å². The van der Waals surface area contributed by atoms with Crippen LogP contribution in [0.15, 0.2) is 77.7 Å². The summed E-state index contributed by atoms with van der Waals surface area (Å²) in [4.78, 5) is 23.3. The number of rotatable bonds is 10. The topological polar surface area (TPSA) is 125 Å². The first-order valence-electron chi connectivity index (χ1n) is 12.1. The monoisotopic (exact) mass is 540 g/mol. The molecule has 0 saturated carbocycles. The predicted octanol–water partition coefficient (Wildman–Crippen LogP) is 5.49. The number of hydrogen-bond donors (Lipinski definition) is 1. The van der Waals surface area contributed by atoms with Crippen molar-refractivity contribution >= 4 is 21.7 Å². The third-order valence-corrected chi connectivity index (χ3v) is 7.00. The van der Waals surface area contributed by atoms with Crippen LogP contribution in [0.4, 0.5) is 5.69 Å². The maximum atomic E-state index is 13.0. The summed E-state index contributed by atoms with van der Waals surface area (Å²) in [5, 5.41) is 11.2. The van der Waals surface area contributed by atoms with Crippen molar-refractivity contribution in [1.29, 1.82) is 0 Å². The molecule has 0 aromatic heterocycles. The van der Waals surface area contributed by atoms with E-state index in [1.165, 1.54) is 18.2 Å². The molecule has 3 rings (SSSR count). The first-order valence-corrected chi connectivity index (χ1v) is 13.6. The number of nitro groups is 1. The molecule has 0 heterocycles. The van der Waals surface area contributed by atoms with Gasteiger partial charge in [-0.05, 0) is 68.1 Å². The van der Waals surface area contributed by atoms with Crippen molar-refractivity contribution in [2.45, 2.75) is 57.8 Å². The number of nitro benzene ring substituents is 1. The van der Waals surface area contributed by atoms with Gasteiger partial charge in [-0.1, -0.05) is 50.2 Å². The Balaban J connectivity index is 1.69. The number of ether oxygens (including phenoxy) is 2. The van der Waals surface area contributed by atoms with Crippen LogP contribution in [-0.4, -0.2) is 31.0 Å².